The number of amides is 2. The Morgan fingerprint density at radius 2 is 1.47 bits per heavy atom. The van der Waals surface area contributed by atoms with Crippen molar-refractivity contribution in [2.24, 2.45) is 5.73 Å². The number of rotatable bonds is 9. The van der Waals surface area contributed by atoms with Gasteiger partial charge in [0.05, 0.1) is 6.10 Å². The molecule has 4 N–H and O–H groups in total. The molecule has 2 atom stereocenters. The highest BCUT2D eigenvalue weighted by molar-refractivity contribution is 6.30. The molecule has 6 rings (SSSR count). The van der Waals surface area contributed by atoms with Crippen molar-refractivity contribution in [1.29, 1.82) is 0 Å². The summed E-state index contributed by atoms with van der Waals surface area (Å²) in [7, 11) is 0. The number of alkyl halides is 2. The Morgan fingerprint density at radius 3 is 2.13 bits per heavy atom. The minimum atomic E-state index is -3.80. The topological polar surface area (TPSA) is 105 Å². The molecular formula is C37H38ClF2N3O4. The maximum absolute atomic E-state index is 16.3. The summed E-state index contributed by atoms with van der Waals surface area (Å²) >= 11 is 5.98. The summed E-state index contributed by atoms with van der Waals surface area (Å²) < 4.78 is 38.7. The number of carbonyl (C=O) groups excluding carboxylic acids is 2. The molecule has 10 heteroatoms. The minimum Gasteiger partial charge on any atom is -0.490 e. The van der Waals surface area contributed by atoms with Crippen LogP contribution in [-0.2, 0) is 15.5 Å². The van der Waals surface area contributed by atoms with Gasteiger partial charge in [-0.1, -0.05) is 66.2 Å². The van der Waals surface area contributed by atoms with E-state index in [1.807, 2.05) is 18.2 Å². The average Bonchev–Trinajstić information content (AvgIpc) is 3.60. The lowest BCUT2D eigenvalue weighted by Crippen LogP contribution is -2.58. The number of carbonyl (C=O) groups is 2. The fourth-order valence-electron chi connectivity index (χ4n) is 6.36. The second-order valence-corrected chi connectivity index (χ2v) is 12.9. The summed E-state index contributed by atoms with van der Waals surface area (Å²) in [4.78, 5) is 28.4. The van der Waals surface area contributed by atoms with E-state index in [4.69, 9.17) is 22.1 Å². The first-order valence-electron chi connectivity index (χ1n) is 16.1. The van der Waals surface area contributed by atoms with Crippen LogP contribution in [0.15, 0.2) is 84.9 Å². The molecule has 2 unspecified atom stereocenters. The van der Waals surface area contributed by atoms with Crippen molar-refractivity contribution in [2.45, 2.75) is 68.7 Å². The molecule has 1 aliphatic heterocycles. The molecule has 246 valence electrons. The van der Waals surface area contributed by atoms with E-state index < -0.39 is 35.4 Å². The normalized spacial score (nSPS) is 17.4. The standard InChI is InChI=1S/C37H38ClF2N3O4/c38-29-14-9-24(10-15-29)23-7-12-28(13-8-23)37(39,40)34(36(46)43-19-17-30(41)18-20-43)42-35(45)33(44)27-6-5-26-22-32(16-11-25(26)21-27)47-31-3-1-2-4-31/h5-16,21-22,30-31,33-34,44H,1-4,17-20,41H2,(H,42,45). The lowest BCUT2D eigenvalue weighted by atomic mass is 9.95. The van der Waals surface area contributed by atoms with E-state index in [-0.39, 0.29) is 30.8 Å². The number of nitrogens with one attached hydrogen (secondary N) is 1. The van der Waals surface area contributed by atoms with Gasteiger partial charge in [-0.05, 0) is 96.3 Å². The van der Waals surface area contributed by atoms with Crippen LogP contribution in [-0.4, -0.2) is 53.1 Å². The number of aliphatic hydroxyl groups excluding tert-OH is 1. The molecule has 0 spiro atoms. The zero-order chi connectivity index (χ0) is 33.1. The zero-order valence-corrected chi connectivity index (χ0v) is 26.6. The molecule has 0 radical (unpaired) electrons. The molecule has 1 saturated carbocycles. The van der Waals surface area contributed by atoms with Crippen LogP contribution in [0.2, 0.25) is 5.02 Å². The Morgan fingerprint density at radius 1 is 0.872 bits per heavy atom. The predicted octanol–water partition coefficient (Wildman–Crippen LogP) is 6.74. The fourth-order valence-corrected chi connectivity index (χ4v) is 6.49. The SMILES string of the molecule is NC1CCN(C(=O)C(NC(=O)C(O)c2ccc3cc(OC4CCCC4)ccc3c2)C(F)(F)c2ccc(-c3ccc(Cl)cc3)cc2)CC1. The van der Waals surface area contributed by atoms with Crippen LogP contribution in [0.5, 0.6) is 5.75 Å². The molecule has 0 aromatic heterocycles. The predicted molar refractivity (Wildman–Crippen MR) is 178 cm³/mol. The van der Waals surface area contributed by atoms with Crippen LogP contribution in [0.1, 0.15) is 55.8 Å². The maximum Gasteiger partial charge on any atom is 0.301 e. The molecule has 2 amide bonds. The molecule has 4 aromatic carbocycles. The molecule has 0 bridgehead atoms. The summed E-state index contributed by atoms with van der Waals surface area (Å²) in [6.07, 6.45) is 3.70. The van der Waals surface area contributed by atoms with Crippen molar-refractivity contribution in [3.8, 4) is 16.9 Å². The Kier molecular flexibility index (Phi) is 9.77. The van der Waals surface area contributed by atoms with Crippen LogP contribution < -0.4 is 15.8 Å². The summed E-state index contributed by atoms with van der Waals surface area (Å²) in [5.74, 6) is -5.09. The molecule has 4 aromatic rings. The van der Waals surface area contributed by atoms with E-state index in [2.05, 4.69) is 5.32 Å². The maximum atomic E-state index is 16.3. The molecule has 47 heavy (non-hydrogen) atoms. The highest BCUT2D eigenvalue weighted by atomic mass is 35.5. The first-order valence-corrected chi connectivity index (χ1v) is 16.4. The molecule has 2 aliphatic rings. The Bertz CT molecular complexity index is 1720. The summed E-state index contributed by atoms with van der Waals surface area (Å²) in [5, 5.41) is 15.4. The summed E-state index contributed by atoms with van der Waals surface area (Å²) in [6, 6.07) is 20.7. The number of ether oxygens (including phenoxy) is 1. The third-order valence-electron chi connectivity index (χ3n) is 9.20. The van der Waals surface area contributed by atoms with Gasteiger partial charge in [-0.2, -0.15) is 8.78 Å². The first kappa shape index (κ1) is 32.9. The first-order chi connectivity index (χ1) is 22.6. The summed E-state index contributed by atoms with van der Waals surface area (Å²) in [6.45, 7) is 0.384. The number of aliphatic hydroxyl groups is 1. The van der Waals surface area contributed by atoms with E-state index in [1.54, 1.807) is 42.5 Å². The smallest absolute Gasteiger partial charge is 0.301 e. The van der Waals surface area contributed by atoms with Crippen LogP contribution in [0, 0.1) is 0 Å². The molecule has 7 nitrogen and oxygen atoms in total. The van der Waals surface area contributed by atoms with E-state index in [0.717, 1.165) is 47.8 Å². The number of hydrogen-bond donors (Lipinski definition) is 3. The van der Waals surface area contributed by atoms with Crippen LogP contribution in [0.4, 0.5) is 8.78 Å². The van der Waals surface area contributed by atoms with Gasteiger partial charge in [0.2, 0.25) is 0 Å². The van der Waals surface area contributed by atoms with E-state index >= 15 is 8.78 Å². The van der Waals surface area contributed by atoms with E-state index in [9.17, 15) is 14.7 Å². The van der Waals surface area contributed by atoms with Gasteiger partial charge < -0.3 is 25.8 Å². The van der Waals surface area contributed by atoms with Gasteiger partial charge >= 0.3 is 5.92 Å². The van der Waals surface area contributed by atoms with Crippen molar-refractivity contribution in [1.82, 2.24) is 10.2 Å². The van der Waals surface area contributed by atoms with Gasteiger partial charge in [-0.25, -0.2) is 0 Å². The van der Waals surface area contributed by atoms with Gasteiger partial charge in [0.15, 0.2) is 12.1 Å². The summed E-state index contributed by atoms with van der Waals surface area (Å²) in [5.41, 5.74) is 7.22. The van der Waals surface area contributed by atoms with Crippen LogP contribution in [0.25, 0.3) is 21.9 Å². The zero-order valence-electron chi connectivity index (χ0n) is 25.9. The van der Waals surface area contributed by atoms with Gasteiger partial charge in [0.25, 0.3) is 11.8 Å². The number of likely N-dealkylation sites (tertiary alicyclic amines) is 1. The van der Waals surface area contributed by atoms with Crippen LogP contribution >= 0.6 is 11.6 Å². The molecule has 2 fully saturated rings. The second-order valence-electron chi connectivity index (χ2n) is 12.5. The Balaban J connectivity index is 1.23. The monoisotopic (exact) mass is 661 g/mol. The van der Waals surface area contributed by atoms with Crippen molar-refractivity contribution >= 4 is 34.2 Å². The second kappa shape index (κ2) is 14.0. The number of hydrogen-bond acceptors (Lipinski definition) is 5. The molecule has 1 heterocycles. The largest absolute Gasteiger partial charge is 0.490 e. The minimum absolute atomic E-state index is 0.131. The highest BCUT2D eigenvalue weighted by Gasteiger charge is 2.49. The van der Waals surface area contributed by atoms with Gasteiger partial charge in [0, 0.05) is 29.7 Å². The van der Waals surface area contributed by atoms with Gasteiger partial charge in [-0.15, -0.1) is 0 Å². The van der Waals surface area contributed by atoms with E-state index in [0.29, 0.717) is 23.4 Å². The van der Waals surface area contributed by atoms with Crippen LogP contribution in [0.3, 0.4) is 0 Å². The quantitative estimate of drug-likeness (QED) is 0.184. The number of benzene rings is 4. The number of halogens is 3. The molecule has 1 aliphatic carbocycles. The lowest BCUT2D eigenvalue weighted by molar-refractivity contribution is -0.152. The third kappa shape index (κ3) is 7.43. The van der Waals surface area contributed by atoms with E-state index in [1.165, 1.54) is 29.2 Å². The number of nitrogens with zero attached hydrogens (tertiary/aromatic N) is 1. The lowest BCUT2D eigenvalue weighted by Gasteiger charge is -2.36. The Hall–Kier alpha value is -4.05. The van der Waals surface area contributed by atoms with Gasteiger partial charge in [0.1, 0.15) is 5.75 Å². The number of fused-ring (bicyclic) bond motifs is 1. The molecular weight excluding hydrogens is 624 g/mol. The number of nitrogens with two attached hydrogens (primary N) is 1. The van der Waals surface area contributed by atoms with Gasteiger partial charge in [-0.3, -0.25) is 9.59 Å². The van der Waals surface area contributed by atoms with Crippen molar-refractivity contribution in [3.05, 3.63) is 101 Å². The van der Waals surface area contributed by atoms with Crippen molar-refractivity contribution < 1.29 is 28.2 Å². The van der Waals surface area contributed by atoms with Crippen molar-refractivity contribution in [2.75, 3.05) is 13.1 Å². The highest BCUT2D eigenvalue weighted by Crippen LogP contribution is 2.36. The fraction of sp³-hybridized carbons (Fsp3) is 0.351. The number of piperidine rings is 1. The third-order valence-corrected chi connectivity index (χ3v) is 9.45. The average molecular weight is 662 g/mol. The Labute approximate surface area is 277 Å². The molecule has 1 saturated heterocycles. The van der Waals surface area contributed by atoms with Crippen molar-refractivity contribution in [3.63, 3.8) is 0 Å².